The van der Waals surface area contributed by atoms with Crippen molar-refractivity contribution in [1.29, 1.82) is 0 Å². The first kappa shape index (κ1) is 17.8. The lowest BCUT2D eigenvalue weighted by Crippen LogP contribution is -2.53. The first-order chi connectivity index (χ1) is 11.7. The maximum Gasteiger partial charge on any atom is 0.133 e. The highest BCUT2D eigenvalue weighted by atomic mass is 16.3. The van der Waals surface area contributed by atoms with Crippen LogP contribution in [0, 0.1) is 46.3 Å². The molecule has 0 aromatic carbocycles. The maximum absolute atomic E-state index is 12.4. The van der Waals surface area contributed by atoms with Gasteiger partial charge in [-0.3, -0.25) is 4.79 Å². The molecule has 140 valence electrons. The molecule has 0 amide bonds. The minimum absolute atomic E-state index is 0.220. The fourth-order valence-corrected chi connectivity index (χ4v) is 8.37. The lowest BCUT2D eigenvalue weighted by molar-refractivity contribution is -0.129. The van der Waals surface area contributed by atoms with Crippen LogP contribution in [0.2, 0.25) is 0 Å². The summed E-state index contributed by atoms with van der Waals surface area (Å²) in [5.41, 5.74) is 2.04. The smallest absolute Gasteiger partial charge is 0.133 e. The van der Waals surface area contributed by atoms with Gasteiger partial charge in [-0.15, -0.1) is 0 Å². The molecule has 4 aliphatic rings. The monoisotopic (exact) mass is 344 g/mol. The molecule has 3 saturated carbocycles. The fraction of sp³-hybridized carbons (Fsp3) is 0.870. The number of allylic oxidation sites excluding steroid dienone is 1. The van der Waals surface area contributed by atoms with Crippen LogP contribution in [-0.4, -0.2) is 17.0 Å². The van der Waals surface area contributed by atoms with E-state index in [9.17, 15) is 9.90 Å². The SMILES string of the molecule is CC(=O)[C@H]1[C@H](C)CC2C3C[C@H](C)C4=C[C@@H](O)CC[C@]4(C)C3CC[C@@]21C. The number of aliphatic hydroxyl groups is 1. The lowest BCUT2D eigenvalue weighted by Gasteiger charge is -2.60. The molecule has 4 aliphatic carbocycles. The number of carbonyl (C=O) groups excluding carboxylic acids is 1. The highest BCUT2D eigenvalue weighted by Gasteiger charge is 2.62. The number of aliphatic hydroxyl groups excluding tert-OH is 1. The summed E-state index contributed by atoms with van der Waals surface area (Å²) in [6, 6.07) is 0. The standard InChI is InChI=1S/C23H36O2/c1-13-10-17-18(22(4)8-6-16(25)12-19(13)22)7-9-23(5)20(17)11-14(2)21(23)15(3)24/h12-14,16-18,20-21,25H,6-11H2,1-5H3/t13-,14+,16-,17?,18?,20?,21+,22+,23-/m0/s1. The maximum atomic E-state index is 12.4. The van der Waals surface area contributed by atoms with Gasteiger partial charge < -0.3 is 5.11 Å². The second-order valence-corrected chi connectivity index (χ2v) is 10.5. The van der Waals surface area contributed by atoms with E-state index < -0.39 is 0 Å². The number of ketones is 1. The Hall–Kier alpha value is -0.630. The third-order valence-electron chi connectivity index (χ3n) is 9.18. The quantitative estimate of drug-likeness (QED) is 0.679. The molecule has 2 heteroatoms. The van der Waals surface area contributed by atoms with Gasteiger partial charge in [-0.2, -0.15) is 0 Å². The van der Waals surface area contributed by atoms with Gasteiger partial charge in [-0.25, -0.2) is 0 Å². The van der Waals surface area contributed by atoms with E-state index in [4.69, 9.17) is 0 Å². The molecule has 0 bridgehead atoms. The van der Waals surface area contributed by atoms with Crippen LogP contribution < -0.4 is 0 Å². The summed E-state index contributed by atoms with van der Waals surface area (Å²) in [7, 11) is 0. The van der Waals surface area contributed by atoms with Gasteiger partial charge in [-0.05, 0) is 85.9 Å². The second-order valence-electron chi connectivity index (χ2n) is 10.5. The first-order valence-electron chi connectivity index (χ1n) is 10.6. The number of hydrogen-bond acceptors (Lipinski definition) is 2. The van der Waals surface area contributed by atoms with E-state index in [1.54, 1.807) is 5.57 Å². The fourth-order valence-electron chi connectivity index (χ4n) is 8.37. The minimum Gasteiger partial charge on any atom is -0.389 e. The minimum atomic E-state index is -0.232. The summed E-state index contributed by atoms with van der Waals surface area (Å²) in [6.07, 6.45) is 9.02. The molecule has 3 fully saturated rings. The van der Waals surface area contributed by atoms with Crippen molar-refractivity contribution in [3.05, 3.63) is 11.6 Å². The van der Waals surface area contributed by atoms with Crippen molar-refractivity contribution in [1.82, 2.24) is 0 Å². The van der Waals surface area contributed by atoms with E-state index in [1.807, 2.05) is 6.92 Å². The zero-order valence-corrected chi connectivity index (χ0v) is 16.7. The first-order valence-corrected chi connectivity index (χ1v) is 10.6. The average Bonchev–Trinajstić information content (AvgIpc) is 2.80. The Bertz CT molecular complexity index is 607. The summed E-state index contributed by atoms with van der Waals surface area (Å²) in [5.74, 6) is 4.04. The van der Waals surface area contributed by atoms with Crippen LogP contribution in [0.4, 0.5) is 0 Å². The van der Waals surface area contributed by atoms with Crippen molar-refractivity contribution >= 4 is 5.78 Å². The van der Waals surface area contributed by atoms with Gasteiger partial charge in [0.25, 0.3) is 0 Å². The highest BCUT2D eigenvalue weighted by Crippen LogP contribution is 2.68. The van der Waals surface area contributed by atoms with Crippen LogP contribution in [-0.2, 0) is 4.79 Å². The summed E-state index contributed by atoms with van der Waals surface area (Å²) in [5, 5.41) is 10.2. The predicted molar refractivity (Wildman–Crippen MR) is 101 cm³/mol. The third kappa shape index (κ3) is 2.35. The van der Waals surface area contributed by atoms with Crippen molar-refractivity contribution < 1.29 is 9.90 Å². The Balaban J connectivity index is 1.72. The van der Waals surface area contributed by atoms with E-state index in [-0.39, 0.29) is 22.9 Å². The molecule has 3 unspecified atom stereocenters. The van der Waals surface area contributed by atoms with Crippen molar-refractivity contribution in [2.45, 2.75) is 79.2 Å². The Morgan fingerprint density at radius 3 is 2.52 bits per heavy atom. The van der Waals surface area contributed by atoms with E-state index in [1.165, 1.54) is 25.7 Å². The predicted octanol–water partition coefficient (Wildman–Crippen LogP) is 5.01. The van der Waals surface area contributed by atoms with Crippen LogP contribution in [0.3, 0.4) is 0 Å². The van der Waals surface area contributed by atoms with Gasteiger partial charge in [0.05, 0.1) is 6.10 Å². The number of Topliss-reactive ketones (excluding diaryl/α,β-unsaturated/α-hetero) is 1. The van der Waals surface area contributed by atoms with Crippen molar-refractivity contribution in [3.63, 3.8) is 0 Å². The van der Waals surface area contributed by atoms with Crippen LogP contribution in [0.25, 0.3) is 0 Å². The van der Waals surface area contributed by atoms with Crippen LogP contribution in [0.15, 0.2) is 11.6 Å². The summed E-state index contributed by atoms with van der Waals surface area (Å²) < 4.78 is 0. The zero-order chi connectivity index (χ0) is 18.1. The molecule has 25 heavy (non-hydrogen) atoms. The van der Waals surface area contributed by atoms with Crippen LogP contribution in [0.5, 0.6) is 0 Å². The van der Waals surface area contributed by atoms with Gasteiger partial charge in [-0.1, -0.05) is 39.3 Å². The summed E-state index contributed by atoms with van der Waals surface area (Å²) in [6.45, 7) is 11.5. The molecule has 0 saturated heterocycles. The van der Waals surface area contributed by atoms with Gasteiger partial charge >= 0.3 is 0 Å². The molecule has 0 aliphatic heterocycles. The highest BCUT2D eigenvalue weighted by molar-refractivity contribution is 5.80. The van der Waals surface area contributed by atoms with E-state index in [2.05, 4.69) is 33.8 Å². The molecule has 1 N–H and O–H groups in total. The molecule has 0 heterocycles. The molecule has 9 atom stereocenters. The number of carbonyl (C=O) groups is 1. The normalized spacial score (nSPS) is 55.0. The van der Waals surface area contributed by atoms with E-state index in [0.717, 1.165) is 24.7 Å². The molecular weight excluding hydrogens is 308 g/mol. The largest absolute Gasteiger partial charge is 0.389 e. The topological polar surface area (TPSA) is 37.3 Å². The molecule has 0 spiro atoms. The number of hydrogen-bond donors (Lipinski definition) is 1. The van der Waals surface area contributed by atoms with Gasteiger partial charge in [0, 0.05) is 5.92 Å². The number of fused-ring (bicyclic) bond motifs is 5. The van der Waals surface area contributed by atoms with Crippen molar-refractivity contribution in [2.75, 3.05) is 0 Å². The summed E-state index contributed by atoms with van der Waals surface area (Å²) in [4.78, 5) is 12.4. The summed E-state index contributed by atoms with van der Waals surface area (Å²) >= 11 is 0. The molecule has 0 aromatic rings. The van der Waals surface area contributed by atoms with Crippen LogP contribution in [0.1, 0.15) is 73.1 Å². The second kappa shape index (κ2) is 5.68. The zero-order valence-electron chi connectivity index (χ0n) is 16.7. The Morgan fingerprint density at radius 2 is 1.84 bits per heavy atom. The Kier molecular flexibility index (Phi) is 4.04. The molecule has 2 nitrogen and oxygen atoms in total. The number of rotatable bonds is 1. The molecule has 0 radical (unpaired) electrons. The van der Waals surface area contributed by atoms with Gasteiger partial charge in [0.2, 0.25) is 0 Å². The Morgan fingerprint density at radius 1 is 1.12 bits per heavy atom. The van der Waals surface area contributed by atoms with Crippen LogP contribution >= 0.6 is 0 Å². The molecule has 0 aromatic heterocycles. The third-order valence-corrected chi connectivity index (χ3v) is 9.18. The van der Waals surface area contributed by atoms with E-state index >= 15 is 0 Å². The lowest BCUT2D eigenvalue weighted by atomic mass is 9.45. The van der Waals surface area contributed by atoms with E-state index in [0.29, 0.717) is 23.5 Å². The molecular formula is C23H36O2. The van der Waals surface area contributed by atoms with Gasteiger partial charge in [0.1, 0.15) is 5.78 Å². The van der Waals surface area contributed by atoms with Gasteiger partial charge in [0.15, 0.2) is 0 Å². The molecule has 4 rings (SSSR count). The average molecular weight is 345 g/mol. The van der Waals surface area contributed by atoms with Crippen molar-refractivity contribution in [2.24, 2.45) is 46.3 Å². The van der Waals surface area contributed by atoms with Crippen molar-refractivity contribution in [3.8, 4) is 0 Å². The Labute approximate surface area is 153 Å².